The van der Waals surface area contributed by atoms with Crippen molar-refractivity contribution in [3.05, 3.63) is 0 Å². The summed E-state index contributed by atoms with van der Waals surface area (Å²) in [6, 6.07) is -0.579. The summed E-state index contributed by atoms with van der Waals surface area (Å²) < 4.78 is 0. The molecule has 1 atom stereocenters. The van der Waals surface area contributed by atoms with Crippen LogP contribution in [0.4, 0.5) is 4.79 Å². The number of hydrogen-bond acceptors (Lipinski definition) is 3. The van der Waals surface area contributed by atoms with E-state index in [0.29, 0.717) is 6.54 Å². The Kier molecular flexibility index (Phi) is 4.52. The molecule has 0 radical (unpaired) electrons. The predicted octanol–water partition coefficient (Wildman–Crippen LogP) is 1.19. The van der Waals surface area contributed by atoms with Crippen molar-refractivity contribution in [1.82, 2.24) is 10.2 Å². The molecule has 6 heteroatoms. The third-order valence-corrected chi connectivity index (χ3v) is 4.31. The molecule has 1 unspecified atom stereocenters. The number of rotatable bonds is 6. The number of amides is 2. The number of nitrogens with one attached hydrogen (secondary N) is 1. The highest BCUT2D eigenvalue weighted by Gasteiger charge is 2.36. The van der Waals surface area contributed by atoms with E-state index in [0.717, 1.165) is 38.5 Å². The Balaban J connectivity index is 1.84. The number of carboxylic acids is 1. The van der Waals surface area contributed by atoms with Crippen LogP contribution in [0.2, 0.25) is 0 Å². The summed E-state index contributed by atoms with van der Waals surface area (Å²) in [5, 5.41) is 22.0. The summed E-state index contributed by atoms with van der Waals surface area (Å²) in [7, 11) is 1.65. The van der Waals surface area contributed by atoms with Gasteiger partial charge in [-0.3, -0.25) is 4.79 Å². The number of aliphatic carboxylic acids is 1. The lowest BCUT2D eigenvalue weighted by Crippen LogP contribution is -2.49. The number of nitrogens with zero attached hydrogens (tertiary/aromatic N) is 1. The topological polar surface area (TPSA) is 89.9 Å². The zero-order chi connectivity index (χ0) is 14.8. The predicted molar refractivity (Wildman–Crippen MR) is 73.3 cm³/mol. The van der Waals surface area contributed by atoms with Crippen molar-refractivity contribution in [2.24, 2.45) is 5.92 Å². The molecule has 0 aliphatic heterocycles. The number of aliphatic hydroxyl groups is 1. The van der Waals surface area contributed by atoms with E-state index in [4.69, 9.17) is 5.11 Å². The molecule has 0 spiro atoms. The Morgan fingerprint density at radius 2 is 1.95 bits per heavy atom. The van der Waals surface area contributed by atoms with E-state index < -0.39 is 11.6 Å². The van der Waals surface area contributed by atoms with Crippen LogP contribution in [0.25, 0.3) is 0 Å². The first-order valence-corrected chi connectivity index (χ1v) is 7.35. The van der Waals surface area contributed by atoms with Crippen LogP contribution < -0.4 is 5.32 Å². The molecule has 3 N–H and O–H groups in total. The van der Waals surface area contributed by atoms with Gasteiger partial charge in [-0.15, -0.1) is 0 Å². The van der Waals surface area contributed by atoms with Crippen LogP contribution in [0.1, 0.15) is 44.9 Å². The van der Waals surface area contributed by atoms with E-state index in [-0.39, 0.29) is 24.4 Å². The van der Waals surface area contributed by atoms with Crippen molar-refractivity contribution in [1.29, 1.82) is 0 Å². The molecular weight excluding hydrogens is 260 g/mol. The monoisotopic (exact) mass is 284 g/mol. The van der Waals surface area contributed by atoms with E-state index in [2.05, 4.69) is 5.32 Å². The van der Waals surface area contributed by atoms with Gasteiger partial charge >= 0.3 is 12.0 Å². The summed E-state index contributed by atoms with van der Waals surface area (Å²) in [5.41, 5.74) is -0.770. The zero-order valence-electron chi connectivity index (χ0n) is 12.0. The highest BCUT2D eigenvalue weighted by Crippen LogP contribution is 2.34. The number of hydrogen-bond donors (Lipinski definition) is 3. The van der Waals surface area contributed by atoms with Crippen LogP contribution in [0, 0.1) is 5.92 Å². The largest absolute Gasteiger partial charge is 0.481 e. The van der Waals surface area contributed by atoms with E-state index in [1.807, 2.05) is 0 Å². The molecule has 2 rings (SSSR count). The summed E-state index contributed by atoms with van der Waals surface area (Å²) in [6.07, 6.45) is 5.37. The third-order valence-electron chi connectivity index (χ3n) is 4.31. The second-order valence-corrected chi connectivity index (χ2v) is 6.28. The van der Waals surface area contributed by atoms with Gasteiger partial charge in [0.2, 0.25) is 0 Å². The maximum Gasteiger partial charge on any atom is 0.317 e. The van der Waals surface area contributed by atoms with Crippen LogP contribution in [-0.4, -0.2) is 52.3 Å². The maximum absolute atomic E-state index is 12.1. The summed E-state index contributed by atoms with van der Waals surface area (Å²) in [6.45, 7) is 0.309. The van der Waals surface area contributed by atoms with Gasteiger partial charge in [-0.25, -0.2) is 4.79 Å². The Morgan fingerprint density at radius 3 is 2.45 bits per heavy atom. The first-order chi connectivity index (χ1) is 9.39. The summed E-state index contributed by atoms with van der Waals surface area (Å²) in [4.78, 5) is 24.4. The highest BCUT2D eigenvalue weighted by molar-refractivity contribution is 5.76. The molecule has 114 valence electrons. The average Bonchev–Trinajstić information content (AvgIpc) is 3.11. The van der Waals surface area contributed by atoms with Crippen molar-refractivity contribution < 1.29 is 19.8 Å². The van der Waals surface area contributed by atoms with Crippen molar-refractivity contribution >= 4 is 12.0 Å². The second kappa shape index (κ2) is 5.99. The third kappa shape index (κ3) is 4.10. The lowest BCUT2D eigenvalue weighted by molar-refractivity contribution is -0.137. The van der Waals surface area contributed by atoms with Crippen molar-refractivity contribution in [2.75, 3.05) is 13.6 Å². The minimum atomic E-state index is -0.890. The van der Waals surface area contributed by atoms with Crippen LogP contribution >= 0.6 is 0 Å². The average molecular weight is 284 g/mol. The van der Waals surface area contributed by atoms with Gasteiger partial charge in [0, 0.05) is 13.1 Å². The molecule has 2 aliphatic rings. The minimum Gasteiger partial charge on any atom is -0.481 e. The molecule has 0 heterocycles. The molecule has 0 aromatic carbocycles. The fraction of sp³-hybridized carbons (Fsp3) is 0.857. The fourth-order valence-corrected chi connectivity index (χ4v) is 3.00. The van der Waals surface area contributed by atoms with Crippen LogP contribution in [0.5, 0.6) is 0 Å². The molecule has 2 saturated carbocycles. The van der Waals surface area contributed by atoms with Gasteiger partial charge in [0.15, 0.2) is 0 Å². The number of carboxylic acid groups (broad SMARTS) is 1. The van der Waals surface area contributed by atoms with E-state index in [9.17, 15) is 14.7 Å². The first kappa shape index (κ1) is 15.1. The molecule has 2 amide bonds. The Hall–Kier alpha value is -1.30. The molecule has 0 aromatic heterocycles. The smallest absolute Gasteiger partial charge is 0.317 e. The van der Waals surface area contributed by atoms with Gasteiger partial charge in [-0.05, 0) is 31.6 Å². The lowest BCUT2D eigenvalue weighted by Gasteiger charge is -2.30. The molecule has 2 fully saturated rings. The number of likely N-dealkylation sites (N-methyl/N-ethyl adjacent to an activating group) is 1. The number of urea groups is 1. The Labute approximate surface area is 119 Å². The molecule has 0 saturated heterocycles. The zero-order valence-corrected chi connectivity index (χ0v) is 12.0. The molecule has 6 nitrogen and oxygen atoms in total. The normalized spacial score (nSPS) is 22.3. The molecule has 2 aliphatic carbocycles. The standard InChI is InChI=1S/C14H24N2O4/c1-16(9-14(20)6-2-3-7-14)13(19)15-11(8-12(17)18)10-4-5-10/h10-11,20H,2-9H2,1H3,(H,15,19)(H,17,18). The number of carbonyl (C=O) groups excluding carboxylic acids is 1. The van der Waals surface area contributed by atoms with Gasteiger partial charge in [-0.2, -0.15) is 0 Å². The van der Waals surface area contributed by atoms with Crippen LogP contribution in [0.3, 0.4) is 0 Å². The van der Waals surface area contributed by atoms with E-state index in [1.54, 1.807) is 7.05 Å². The number of carbonyl (C=O) groups is 2. The fourth-order valence-electron chi connectivity index (χ4n) is 3.00. The SMILES string of the molecule is CN(CC1(O)CCCC1)C(=O)NC(CC(=O)O)C1CC1. The van der Waals surface area contributed by atoms with Gasteiger partial charge in [-0.1, -0.05) is 12.8 Å². The first-order valence-electron chi connectivity index (χ1n) is 7.35. The van der Waals surface area contributed by atoms with Crippen molar-refractivity contribution in [3.8, 4) is 0 Å². The summed E-state index contributed by atoms with van der Waals surface area (Å²) in [5.74, 6) is -0.600. The van der Waals surface area contributed by atoms with Gasteiger partial charge in [0.1, 0.15) is 0 Å². The molecule has 0 bridgehead atoms. The van der Waals surface area contributed by atoms with Crippen molar-refractivity contribution in [2.45, 2.75) is 56.6 Å². The summed E-state index contributed by atoms with van der Waals surface area (Å²) >= 11 is 0. The Morgan fingerprint density at radius 1 is 1.35 bits per heavy atom. The minimum absolute atomic E-state index is 0.0332. The maximum atomic E-state index is 12.1. The van der Waals surface area contributed by atoms with E-state index >= 15 is 0 Å². The second-order valence-electron chi connectivity index (χ2n) is 6.28. The quantitative estimate of drug-likeness (QED) is 0.683. The van der Waals surface area contributed by atoms with Crippen LogP contribution in [0.15, 0.2) is 0 Å². The molecular formula is C14H24N2O4. The van der Waals surface area contributed by atoms with Gasteiger partial charge in [0.05, 0.1) is 18.6 Å². The van der Waals surface area contributed by atoms with Gasteiger partial charge in [0.25, 0.3) is 0 Å². The van der Waals surface area contributed by atoms with E-state index in [1.165, 1.54) is 4.90 Å². The Bertz CT molecular complexity index is 375. The van der Waals surface area contributed by atoms with Crippen LogP contribution in [-0.2, 0) is 4.79 Å². The lowest BCUT2D eigenvalue weighted by atomic mass is 10.0. The molecule has 0 aromatic rings. The van der Waals surface area contributed by atoms with Crippen molar-refractivity contribution in [3.63, 3.8) is 0 Å². The molecule has 20 heavy (non-hydrogen) atoms. The highest BCUT2D eigenvalue weighted by atomic mass is 16.4. The van der Waals surface area contributed by atoms with Gasteiger partial charge < -0.3 is 20.4 Å².